The third kappa shape index (κ3) is 1.26. The van der Waals surface area contributed by atoms with Crippen LogP contribution in [0.4, 0.5) is 0 Å². The van der Waals surface area contributed by atoms with E-state index >= 15 is 0 Å². The lowest BCUT2D eigenvalue weighted by atomic mass is 9.97. The first kappa shape index (κ1) is 9.53. The molecule has 0 saturated carbocycles. The number of hydrogen-bond acceptors (Lipinski definition) is 4. The summed E-state index contributed by atoms with van der Waals surface area (Å²) < 4.78 is 1.40. The van der Waals surface area contributed by atoms with Crippen molar-refractivity contribution in [2.24, 2.45) is 5.73 Å². The van der Waals surface area contributed by atoms with Crippen LogP contribution in [-0.4, -0.2) is 19.6 Å². The summed E-state index contributed by atoms with van der Waals surface area (Å²) in [6.45, 7) is 0.285. The molecule has 0 amide bonds. The van der Waals surface area contributed by atoms with E-state index in [0.717, 1.165) is 36.9 Å². The van der Waals surface area contributed by atoms with Crippen molar-refractivity contribution in [3.8, 4) is 0 Å². The maximum Gasteiger partial charge on any atom is 0.277 e. The molecule has 6 nitrogen and oxygen atoms in total. The molecular weight excluding hydrogens is 206 g/mol. The van der Waals surface area contributed by atoms with Gasteiger partial charge in [0.1, 0.15) is 5.82 Å². The van der Waals surface area contributed by atoms with Crippen LogP contribution in [0.2, 0.25) is 0 Å². The van der Waals surface area contributed by atoms with Crippen LogP contribution in [0, 0.1) is 0 Å². The highest BCUT2D eigenvalue weighted by Crippen LogP contribution is 2.16. The van der Waals surface area contributed by atoms with Crippen LogP contribution in [0.1, 0.15) is 29.9 Å². The number of nitrogens with two attached hydrogens (primary N) is 1. The van der Waals surface area contributed by atoms with Crippen molar-refractivity contribution in [1.29, 1.82) is 0 Å². The van der Waals surface area contributed by atoms with Gasteiger partial charge in [-0.3, -0.25) is 9.89 Å². The molecule has 1 aliphatic rings. The quantitative estimate of drug-likeness (QED) is 0.692. The summed E-state index contributed by atoms with van der Waals surface area (Å²) in [7, 11) is 0. The number of aromatic nitrogens is 4. The van der Waals surface area contributed by atoms with Gasteiger partial charge in [0.2, 0.25) is 0 Å². The molecule has 84 valence electrons. The van der Waals surface area contributed by atoms with Gasteiger partial charge in [-0.15, -0.1) is 0 Å². The molecule has 0 fully saturated rings. The van der Waals surface area contributed by atoms with Crippen molar-refractivity contribution in [3.63, 3.8) is 0 Å². The number of fused-ring (bicyclic) bond motifs is 2. The van der Waals surface area contributed by atoms with E-state index in [1.807, 2.05) is 0 Å². The van der Waals surface area contributed by atoms with Gasteiger partial charge in [0, 0.05) is 5.56 Å². The third-order valence-corrected chi connectivity index (χ3v) is 3.00. The highest BCUT2D eigenvalue weighted by molar-refractivity contribution is 5.33. The van der Waals surface area contributed by atoms with E-state index in [2.05, 4.69) is 15.1 Å². The third-order valence-electron chi connectivity index (χ3n) is 3.00. The maximum absolute atomic E-state index is 12.1. The predicted octanol–water partition coefficient (Wildman–Crippen LogP) is -0.245. The number of nitrogens with one attached hydrogen (secondary N) is 1. The summed E-state index contributed by atoms with van der Waals surface area (Å²) in [5.41, 5.74) is 7.20. The van der Waals surface area contributed by atoms with Gasteiger partial charge >= 0.3 is 0 Å². The Labute approximate surface area is 91.5 Å². The summed E-state index contributed by atoms with van der Waals surface area (Å²) in [5, 5.41) is 2.87. The topological polar surface area (TPSA) is 89.1 Å². The van der Waals surface area contributed by atoms with E-state index in [1.165, 1.54) is 4.52 Å². The molecule has 0 spiro atoms. The fourth-order valence-corrected chi connectivity index (χ4v) is 2.18. The summed E-state index contributed by atoms with van der Waals surface area (Å²) >= 11 is 0. The van der Waals surface area contributed by atoms with Crippen LogP contribution < -0.4 is 11.3 Å². The average Bonchev–Trinajstić information content (AvgIpc) is 2.73. The minimum absolute atomic E-state index is 0.0214. The highest BCUT2D eigenvalue weighted by Gasteiger charge is 2.17. The molecule has 2 aromatic rings. The lowest BCUT2D eigenvalue weighted by Gasteiger charge is -2.12. The molecule has 3 rings (SSSR count). The highest BCUT2D eigenvalue weighted by atomic mass is 16.1. The molecule has 0 atom stereocenters. The largest absolute Gasteiger partial charge is 0.324 e. The molecule has 3 N–H and O–H groups in total. The normalized spacial score (nSPS) is 15.3. The van der Waals surface area contributed by atoms with Gasteiger partial charge < -0.3 is 5.73 Å². The lowest BCUT2D eigenvalue weighted by molar-refractivity contribution is 0.650. The smallest absolute Gasteiger partial charge is 0.277 e. The molecule has 1 aliphatic carbocycles. The molecular formula is C10H13N5O. The Bertz CT molecular complexity index is 597. The standard InChI is InChI=1S/C10H13N5O/c11-5-8-13-10-12-7-4-2-1-3-6(7)9(16)15(10)14-8/h1-5,11H2,(H,12,13,14). The first-order chi connectivity index (χ1) is 7.79. The number of aromatic amines is 1. The van der Waals surface area contributed by atoms with E-state index < -0.39 is 0 Å². The Morgan fingerprint density at radius 3 is 2.94 bits per heavy atom. The Morgan fingerprint density at radius 2 is 2.12 bits per heavy atom. The zero-order chi connectivity index (χ0) is 11.1. The van der Waals surface area contributed by atoms with Gasteiger partial charge in [0.25, 0.3) is 11.3 Å². The second-order valence-corrected chi connectivity index (χ2v) is 4.06. The van der Waals surface area contributed by atoms with Crippen LogP contribution in [0.25, 0.3) is 5.78 Å². The molecule has 0 aliphatic heterocycles. The van der Waals surface area contributed by atoms with Gasteiger partial charge in [0.15, 0.2) is 0 Å². The number of rotatable bonds is 1. The Kier molecular flexibility index (Phi) is 2.03. The molecule has 0 saturated heterocycles. The molecule has 0 bridgehead atoms. The van der Waals surface area contributed by atoms with Gasteiger partial charge in [-0.25, -0.2) is 4.98 Å². The van der Waals surface area contributed by atoms with Gasteiger partial charge in [-0.05, 0) is 25.7 Å². The van der Waals surface area contributed by atoms with Crippen LogP contribution in [-0.2, 0) is 19.4 Å². The maximum atomic E-state index is 12.1. The van der Waals surface area contributed by atoms with E-state index in [1.54, 1.807) is 0 Å². The molecule has 6 heteroatoms. The van der Waals surface area contributed by atoms with E-state index in [4.69, 9.17) is 5.73 Å². The number of aryl methyl sites for hydroxylation is 1. The van der Waals surface area contributed by atoms with Crippen molar-refractivity contribution in [2.45, 2.75) is 32.2 Å². The predicted molar refractivity (Wildman–Crippen MR) is 58.1 cm³/mol. The Morgan fingerprint density at radius 1 is 1.31 bits per heavy atom. The van der Waals surface area contributed by atoms with Crippen molar-refractivity contribution in [1.82, 2.24) is 19.6 Å². The van der Waals surface area contributed by atoms with Crippen LogP contribution in [0.3, 0.4) is 0 Å². The van der Waals surface area contributed by atoms with Crippen molar-refractivity contribution >= 4 is 5.78 Å². The van der Waals surface area contributed by atoms with Crippen LogP contribution >= 0.6 is 0 Å². The van der Waals surface area contributed by atoms with Gasteiger partial charge in [-0.1, -0.05) is 0 Å². The zero-order valence-corrected chi connectivity index (χ0v) is 8.86. The average molecular weight is 219 g/mol. The van der Waals surface area contributed by atoms with E-state index in [0.29, 0.717) is 11.6 Å². The fourth-order valence-electron chi connectivity index (χ4n) is 2.18. The van der Waals surface area contributed by atoms with Crippen molar-refractivity contribution < 1.29 is 0 Å². The Hall–Kier alpha value is -1.69. The molecule has 2 heterocycles. The van der Waals surface area contributed by atoms with E-state index in [-0.39, 0.29) is 12.1 Å². The number of hydrogen-bond donors (Lipinski definition) is 2. The Balaban J connectivity index is 2.32. The molecule has 0 radical (unpaired) electrons. The summed E-state index contributed by atoms with van der Waals surface area (Å²) in [6.07, 6.45) is 3.87. The zero-order valence-electron chi connectivity index (χ0n) is 8.86. The second-order valence-electron chi connectivity index (χ2n) is 4.06. The van der Waals surface area contributed by atoms with E-state index in [9.17, 15) is 4.79 Å². The van der Waals surface area contributed by atoms with Crippen molar-refractivity contribution in [3.05, 3.63) is 27.4 Å². The fraction of sp³-hybridized carbons (Fsp3) is 0.500. The molecule has 0 unspecified atom stereocenters. The summed E-state index contributed by atoms with van der Waals surface area (Å²) in [6, 6.07) is 0. The first-order valence-electron chi connectivity index (χ1n) is 5.49. The van der Waals surface area contributed by atoms with Crippen LogP contribution in [0.15, 0.2) is 4.79 Å². The summed E-state index contributed by atoms with van der Waals surface area (Å²) in [4.78, 5) is 20.7. The lowest BCUT2D eigenvalue weighted by Crippen LogP contribution is -2.25. The molecule has 2 aromatic heterocycles. The molecule has 16 heavy (non-hydrogen) atoms. The summed E-state index contributed by atoms with van der Waals surface area (Å²) in [5.74, 6) is 1.03. The van der Waals surface area contributed by atoms with Gasteiger partial charge in [-0.2, -0.15) is 9.50 Å². The SMILES string of the molecule is NCc1nc2nc3c(c(=O)n2[nH]1)CCCC3. The first-order valence-corrected chi connectivity index (χ1v) is 5.49. The van der Waals surface area contributed by atoms with Gasteiger partial charge in [0.05, 0.1) is 12.2 Å². The second kappa shape index (κ2) is 3.41. The monoisotopic (exact) mass is 219 g/mol. The minimum Gasteiger partial charge on any atom is -0.324 e. The van der Waals surface area contributed by atoms with Crippen molar-refractivity contribution in [2.75, 3.05) is 0 Å². The molecule has 0 aromatic carbocycles. The van der Waals surface area contributed by atoms with Crippen LogP contribution in [0.5, 0.6) is 0 Å². The minimum atomic E-state index is -0.0214. The number of nitrogens with zero attached hydrogens (tertiary/aromatic N) is 3. The number of H-pyrrole nitrogens is 1.